The minimum Gasteiger partial charge on any atom is -0.465 e. The topological polar surface area (TPSA) is 78.9 Å². The first-order chi connectivity index (χ1) is 15.0. The molecule has 178 valence electrons. The van der Waals surface area contributed by atoms with Gasteiger partial charge in [0, 0.05) is 12.5 Å². The normalized spacial score (nSPS) is 16.2. The number of hydrogen-bond acceptors (Lipinski definition) is 6. The Morgan fingerprint density at radius 3 is 2.29 bits per heavy atom. The first-order valence-corrected chi connectivity index (χ1v) is 12.2. The maximum absolute atomic E-state index is 12.7. The molecule has 0 heterocycles. The van der Waals surface area contributed by atoms with E-state index in [1.807, 2.05) is 6.92 Å². The molecule has 0 amide bonds. The summed E-state index contributed by atoms with van der Waals surface area (Å²) in [7, 11) is 0. The van der Waals surface area contributed by atoms with Crippen molar-refractivity contribution in [1.82, 2.24) is 0 Å². The minimum atomic E-state index is -1.13. The number of carbonyl (C=O) groups is 3. The fraction of sp³-hybridized carbons (Fsp3) is 0.800. The second-order valence-corrected chi connectivity index (χ2v) is 8.54. The zero-order valence-electron chi connectivity index (χ0n) is 19.6. The van der Waals surface area contributed by atoms with Crippen molar-refractivity contribution in [3.05, 3.63) is 12.7 Å². The highest BCUT2D eigenvalue weighted by atomic mass is 16.6. The van der Waals surface area contributed by atoms with E-state index in [2.05, 4.69) is 13.5 Å². The Morgan fingerprint density at radius 1 is 0.935 bits per heavy atom. The molecule has 31 heavy (non-hydrogen) atoms. The van der Waals surface area contributed by atoms with E-state index in [0.29, 0.717) is 18.9 Å². The number of unbranched alkanes of at least 4 members (excludes halogenated alkanes) is 3. The summed E-state index contributed by atoms with van der Waals surface area (Å²) in [4.78, 5) is 36.9. The van der Waals surface area contributed by atoms with Crippen molar-refractivity contribution in [2.24, 2.45) is 11.8 Å². The standard InChI is InChI=1S/C25H42O6/c1-4-7-8-12-17-29-25(28)22(31-23(26)6-3)19-21(13-5-2)24(27)30-18-16-20-14-10-9-11-15-20/h6,20-22H,3-5,7-19H2,1-2H3. The smallest absolute Gasteiger partial charge is 0.347 e. The van der Waals surface area contributed by atoms with Gasteiger partial charge in [-0.05, 0) is 25.2 Å². The highest BCUT2D eigenvalue weighted by Gasteiger charge is 2.31. The molecular formula is C25H42O6. The third-order valence-corrected chi connectivity index (χ3v) is 5.89. The van der Waals surface area contributed by atoms with Gasteiger partial charge in [0.1, 0.15) is 0 Å². The van der Waals surface area contributed by atoms with Gasteiger partial charge in [0.05, 0.1) is 19.1 Å². The molecule has 0 aromatic heterocycles. The van der Waals surface area contributed by atoms with E-state index in [1.54, 1.807) is 0 Å². The van der Waals surface area contributed by atoms with Crippen molar-refractivity contribution >= 4 is 17.9 Å². The highest BCUT2D eigenvalue weighted by Crippen LogP contribution is 2.26. The van der Waals surface area contributed by atoms with Crippen LogP contribution in [0.1, 0.15) is 97.3 Å². The van der Waals surface area contributed by atoms with Gasteiger partial charge in [0.2, 0.25) is 0 Å². The van der Waals surface area contributed by atoms with Crippen LogP contribution in [0.2, 0.25) is 0 Å². The lowest BCUT2D eigenvalue weighted by Gasteiger charge is -2.23. The quantitative estimate of drug-likeness (QED) is 0.136. The number of carbonyl (C=O) groups excluding carboxylic acids is 3. The molecule has 0 radical (unpaired) electrons. The highest BCUT2D eigenvalue weighted by molar-refractivity contribution is 5.85. The van der Waals surface area contributed by atoms with Crippen LogP contribution in [0, 0.1) is 11.8 Å². The second kappa shape index (κ2) is 16.8. The molecule has 0 bridgehead atoms. The summed E-state index contributed by atoms with van der Waals surface area (Å²) in [6.45, 7) is 8.16. The van der Waals surface area contributed by atoms with Crippen molar-refractivity contribution in [3.63, 3.8) is 0 Å². The van der Waals surface area contributed by atoms with E-state index in [9.17, 15) is 14.4 Å². The first-order valence-electron chi connectivity index (χ1n) is 12.2. The molecule has 1 rings (SSSR count). The summed E-state index contributed by atoms with van der Waals surface area (Å²) < 4.78 is 16.1. The van der Waals surface area contributed by atoms with E-state index in [1.165, 1.54) is 32.1 Å². The van der Waals surface area contributed by atoms with Crippen LogP contribution in [-0.4, -0.2) is 37.2 Å². The predicted octanol–water partition coefficient (Wildman–Crippen LogP) is 5.53. The molecule has 0 aromatic rings. The molecule has 1 aliphatic rings. The number of ether oxygens (including phenoxy) is 3. The number of esters is 3. The molecule has 1 fully saturated rings. The molecule has 0 spiro atoms. The second-order valence-electron chi connectivity index (χ2n) is 8.54. The van der Waals surface area contributed by atoms with Crippen LogP contribution in [-0.2, 0) is 28.6 Å². The van der Waals surface area contributed by atoms with Crippen LogP contribution in [0.3, 0.4) is 0 Å². The van der Waals surface area contributed by atoms with Crippen LogP contribution < -0.4 is 0 Å². The van der Waals surface area contributed by atoms with Gasteiger partial charge in [-0.2, -0.15) is 0 Å². The lowest BCUT2D eigenvalue weighted by molar-refractivity contribution is -0.168. The maximum Gasteiger partial charge on any atom is 0.347 e. The molecule has 2 unspecified atom stereocenters. The van der Waals surface area contributed by atoms with Crippen molar-refractivity contribution in [3.8, 4) is 0 Å². The zero-order chi connectivity index (χ0) is 22.9. The maximum atomic E-state index is 12.7. The third kappa shape index (κ3) is 11.9. The van der Waals surface area contributed by atoms with Crippen LogP contribution in [0.15, 0.2) is 12.7 Å². The zero-order valence-corrected chi connectivity index (χ0v) is 19.6. The van der Waals surface area contributed by atoms with E-state index in [4.69, 9.17) is 14.2 Å². The third-order valence-electron chi connectivity index (χ3n) is 5.89. The molecule has 6 nitrogen and oxygen atoms in total. The van der Waals surface area contributed by atoms with Crippen molar-refractivity contribution < 1.29 is 28.6 Å². The molecule has 0 aromatic carbocycles. The molecule has 0 aliphatic heterocycles. The molecule has 1 saturated carbocycles. The Kier molecular flexibility index (Phi) is 14.7. The summed E-state index contributed by atoms with van der Waals surface area (Å²) >= 11 is 0. The molecule has 2 atom stereocenters. The summed E-state index contributed by atoms with van der Waals surface area (Å²) in [5.74, 6) is -1.51. The average molecular weight is 439 g/mol. The fourth-order valence-corrected chi connectivity index (χ4v) is 4.03. The van der Waals surface area contributed by atoms with Crippen LogP contribution in [0.5, 0.6) is 0 Å². The number of rotatable bonds is 16. The summed E-state index contributed by atoms with van der Waals surface area (Å²) in [6.07, 6.45) is 12.3. The van der Waals surface area contributed by atoms with Crippen molar-refractivity contribution in [2.45, 2.75) is 103 Å². The summed E-state index contributed by atoms with van der Waals surface area (Å²) in [6, 6.07) is 0. The summed E-state index contributed by atoms with van der Waals surface area (Å²) in [5, 5.41) is 0. The lowest BCUT2D eigenvalue weighted by Crippen LogP contribution is -2.34. The Balaban J connectivity index is 2.59. The molecular weight excluding hydrogens is 396 g/mol. The SMILES string of the molecule is C=CC(=O)OC(CC(CCC)C(=O)OCCC1CCCCC1)C(=O)OCCCCCC. The van der Waals surface area contributed by atoms with Gasteiger partial charge in [-0.25, -0.2) is 9.59 Å². The first kappa shape index (κ1) is 27.2. The van der Waals surface area contributed by atoms with Gasteiger partial charge in [-0.15, -0.1) is 0 Å². The number of hydrogen-bond donors (Lipinski definition) is 0. The lowest BCUT2D eigenvalue weighted by atomic mass is 9.87. The van der Waals surface area contributed by atoms with Gasteiger partial charge in [0.15, 0.2) is 6.10 Å². The van der Waals surface area contributed by atoms with E-state index < -0.39 is 24.0 Å². The van der Waals surface area contributed by atoms with Crippen molar-refractivity contribution in [2.75, 3.05) is 13.2 Å². The molecule has 0 saturated heterocycles. The molecule has 0 N–H and O–H groups in total. The predicted molar refractivity (Wildman–Crippen MR) is 120 cm³/mol. The Labute approximate surface area is 188 Å². The molecule has 1 aliphatic carbocycles. The molecule has 6 heteroatoms. The van der Waals surface area contributed by atoms with E-state index in [-0.39, 0.29) is 19.0 Å². The Morgan fingerprint density at radius 2 is 1.65 bits per heavy atom. The monoisotopic (exact) mass is 438 g/mol. The average Bonchev–Trinajstić information content (AvgIpc) is 2.78. The largest absolute Gasteiger partial charge is 0.465 e. The van der Waals surface area contributed by atoms with Crippen LogP contribution in [0.4, 0.5) is 0 Å². The van der Waals surface area contributed by atoms with Gasteiger partial charge in [-0.3, -0.25) is 4.79 Å². The van der Waals surface area contributed by atoms with Crippen LogP contribution >= 0.6 is 0 Å². The van der Waals surface area contributed by atoms with E-state index in [0.717, 1.165) is 44.6 Å². The van der Waals surface area contributed by atoms with Gasteiger partial charge >= 0.3 is 17.9 Å². The van der Waals surface area contributed by atoms with Gasteiger partial charge in [-0.1, -0.05) is 78.2 Å². The Hall–Kier alpha value is -1.85. The van der Waals surface area contributed by atoms with E-state index >= 15 is 0 Å². The minimum absolute atomic E-state index is 0.0729. The van der Waals surface area contributed by atoms with Gasteiger partial charge < -0.3 is 14.2 Å². The fourth-order valence-electron chi connectivity index (χ4n) is 4.03. The van der Waals surface area contributed by atoms with Crippen LogP contribution in [0.25, 0.3) is 0 Å². The Bertz CT molecular complexity index is 538. The van der Waals surface area contributed by atoms with Gasteiger partial charge in [0.25, 0.3) is 0 Å². The van der Waals surface area contributed by atoms with Crippen molar-refractivity contribution in [1.29, 1.82) is 0 Å². The summed E-state index contributed by atoms with van der Waals surface area (Å²) in [5.41, 5.74) is 0.